The van der Waals surface area contributed by atoms with E-state index < -0.39 is 0 Å². The fraction of sp³-hybridized carbons (Fsp3) is 0.400. The fourth-order valence-corrected chi connectivity index (χ4v) is 0.628. The molecule has 3 nitrogen and oxygen atoms in total. The Bertz CT molecular complexity index is 199. The lowest BCUT2D eigenvalue weighted by Gasteiger charge is -2.03. The molecule has 0 aliphatic rings. The molecule has 3 heteroatoms. The van der Waals surface area contributed by atoms with Crippen molar-refractivity contribution in [3.8, 4) is 5.75 Å². The zero-order chi connectivity index (χ0) is 10.1. The summed E-state index contributed by atoms with van der Waals surface area (Å²) in [5.41, 5.74) is 0. The van der Waals surface area contributed by atoms with Gasteiger partial charge in [0.1, 0.15) is 5.75 Å². The van der Waals surface area contributed by atoms with Gasteiger partial charge in [0.05, 0.1) is 6.61 Å². The molecule has 1 aromatic carbocycles. The van der Waals surface area contributed by atoms with Gasteiger partial charge in [-0.2, -0.15) is 0 Å². The highest BCUT2D eigenvalue weighted by Gasteiger charge is 1.80. The summed E-state index contributed by atoms with van der Waals surface area (Å²) in [7, 11) is 3.85. The molecule has 2 N–H and O–H groups in total. The summed E-state index contributed by atoms with van der Waals surface area (Å²) in [5, 5.41) is 16.8. The molecular weight excluding hydrogens is 166 g/mol. The lowest BCUT2D eigenvalue weighted by molar-refractivity contribution is 0.243. The van der Waals surface area contributed by atoms with Crippen molar-refractivity contribution < 1.29 is 10.2 Å². The second-order valence-corrected chi connectivity index (χ2v) is 2.86. The van der Waals surface area contributed by atoms with Crippen LogP contribution in [0.25, 0.3) is 0 Å². The van der Waals surface area contributed by atoms with Crippen LogP contribution in [0.2, 0.25) is 0 Å². The Morgan fingerprint density at radius 1 is 1.15 bits per heavy atom. The molecule has 0 aliphatic heterocycles. The number of phenolic OH excluding ortho intramolecular Hbond substituents is 1. The number of likely N-dealkylation sites (N-methyl/N-ethyl adjacent to an activating group) is 1. The van der Waals surface area contributed by atoms with Crippen molar-refractivity contribution in [3.63, 3.8) is 0 Å². The number of benzene rings is 1. The van der Waals surface area contributed by atoms with E-state index in [-0.39, 0.29) is 6.61 Å². The maximum atomic E-state index is 8.63. The zero-order valence-electron chi connectivity index (χ0n) is 8.14. The lowest BCUT2D eigenvalue weighted by Crippen LogP contribution is -2.15. The summed E-state index contributed by atoms with van der Waals surface area (Å²) >= 11 is 0. The van der Waals surface area contributed by atoms with Gasteiger partial charge >= 0.3 is 0 Å². The number of hydrogen-bond donors (Lipinski definition) is 2. The van der Waals surface area contributed by atoms with Crippen LogP contribution in [0.3, 0.4) is 0 Å². The second kappa shape index (κ2) is 7.58. The fourth-order valence-electron chi connectivity index (χ4n) is 0.628. The van der Waals surface area contributed by atoms with Crippen LogP contribution >= 0.6 is 0 Å². The quantitative estimate of drug-likeness (QED) is 0.717. The maximum absolute atomic E-state index is 8.63. The summed E-state index contributed by atoms with van der Waals surface area (Å²) < 4.78 is 0. The van der Waals surface area contributed by atoms with Gasteiger partial charge < -0.3 is 15.1 Å². The average molecular weight is 183 g/mol. The van der Waals surface area contributed by atoms with Crippen LogP contribution in [-0.2, 0) is 0 Å². The summed E-state index contributed by atoms with van der Waals surface area (Å²) in [6.07, 6.45) is 0. The summed E-state index contributed by atoms with van der Waals surface area (Å²) in [6, 6.07) is 8.71. The van der Waals surface area contributed by atoms with E-state index in [0.29, 0.717) is 5.75 Å². The molecule has 0 bridgehead atoms. The minimum atomic E-state index is 0.257. The zero-order valence-corrected chi connectivity index (χ0v) is 8.14. The van der Waals surface area contributed by atoms with Crippen LogP contribution < -0.4 is 0 Å². The molecule has 0 aliphatic carbocycles. The summed E-state index contributed by atoms with van der Waals surface area (Å²) in [6.45, 7) is 1.02. The van der Waals surface area contributed by atoms with Gasteiger partial charge in [-0.3, -0.25) is 0 Å². The van der Waals surface area contributed by atoms with Crippen LogP contribution in [0, 0.1) is 0 Å². The predicted molar refractivity (Wildman–Crippen MR) is 53.7 cm³/mol. The molecule has 0 atom stereocenters. The molecule has 0 amide bonds. The largest absolute Gasteiger partial charge is 0.508 e. The minimum Gasteiger partial charge on any atom is -0.508 e. The van der Waals surface area contributed by atoms with E-state index in [2.05, 4.69) is 0 Å². The normalized spacial score (nSPS) is 9.23. The molecule has 1 aromatic rings. The second-order valence-electron chi connectivity index (χ2n) is 2.86. The lowest BCUT2D eigenvalue weighted by atomic mass is 10.3. The van der Waals surface area contributed by atoms with Crippen molar-refractivity contribution >= 4 is 0 Å². The first kappa shape index (κ1) is 11.9. The highest BCUT2D eigenvalue weighted by atomic mass is 16.3. The number of para-hydroxylation sites is 1. The number of aliphatic hydroxyl groups excluding tert-OH is 1. The molecule has 0 saturated carbocycles. The van der Waals surface area contributed by atoms with Gasteiger partial charge in [-0.1, -0.05) is 18.2 Å². The Kier molecular flexibility index (Phi) is 6.96. The first-order valence-electron chi connectivity index (χ1n) is 4.16. The van der Waals surface area contributed by atoms with E-state index >= 15 is 0 Å². The van der Waals surface area contributed by atoms with Crippen LogP contribution in [0.1, 0.15) is 0 Å². The van der Waals surface area contributed by atoms with Gasteiger partial charge in [0.2, 0.25) is 0 Å². The van der Waals surface area contributed by atoms with Crippen molar-refractivity contribution in [2.75, 3.05) is 27.2 Å². The summed E-state index contributed by atoms with van der Waals surface area (Å²) in [5.74, 6) is 0.322. The number of phenols is 1. The highest BCUT2D eigenvalue weighted by molar-refractivity contribution is 5.18. The van der Waals surface area contributed by atoms with Crippen LogP contribution in [0.4, 0.5) is 0 Å². The number of hydrogen-bond acceptors (Lipinski definition) is 3. The van der Waals surface area contributed by atoms with Crippen molar-refractivity contribution in [2.45, 2.75) is 0 Å². The third-order valence-corrected chi connectivity index (χ3v) is 1.30. The highest BCUT2D eigenvalue weighted by Crippen LogP contribution is 2.02. The van der Waals surface area contributed by atoms with Gasteiger partial charge in [0.25, 0.3) is 0 Å². The Hall–Kier alpha value is -1.06. The maximum Gasteiger partial charge on any atom is 0.115 e. The van der Waals surface area contributed by atoms with Crippen molar-refractivity contribution in [1.29, 1.82) is 0 Å². The molecule has 74 valence electrons. The standard InChI is InChI=1S/C6H6O.C4H11NO/c7-6-4-2-1-3-5-6;1-5(2)3-4-6/h1-5,7H;6H,3-4H2,1-2H3. The summed E-state index contributed by atoms with van der Waals surface area (Å²) in [4.78, 5) is 1.93. The Balaban J connectivity index is 0.000000226. The predicted octanol–water partition coefficient (Wildman–Crippen LogP) is 0.932. The van der Waals surface area contributed by atoms with Gasteiger partial charge in [0, 0.05) is 6.54 Å². The molecule has 0 unspecified atom stereocenters. The van der Waals surface area contributed by atoms with Crippen molar-refractivity contribution in [2.24, 2.45) is 0 Å². The van der Waals surface area contributed by atoms with Crippen molar-refractivity contribution in [1.82, 2.24) is 4.90 Å². The van der Waals surface area contributed by atoms with E-state index in [1.807, 2.05) is 25.1 Å². The number of aliphatic hydroxyl groups is 1. The van der Waals surface area contributed by atoms with E-state index in [0.717, 1.165) is 6.54 Å². The Labute approximate surface area is 79.2 Å². The molecule has 0 heterocycles. The first-order chi connectivity index (χ1) is 6.16. The molecule has 0 saturated heterocycles. The van der Waals surface area contributed by atoms with E-state index in [1.165, 1.54) is 0 Å². The minimum absolute atomic E-state index is 0.257. The Morgan fingerprint density at radius 2 is 1.69 bits per heavy atom. The van der Waals surface area contributed by atoms with Gasteiger partial charge in [0.15, 0.2) is 0 Å². The number of nitrogens with zero attached hydrogens (tertiary/aromatic N) is 1. The van der Waals surface area contributed by atoms with Gasteiger partial charge in [-0.15, -0.1) is 0 Å². The van der Waals surface area contributed by atoms with Gasteiger partial charge in [-0.25, -0.2) is 0 Å². The third-order valence-electron chi connectivity index (χ3n) is 1.30. The van der Waals surface area contributed by atoms with Crippen molar-refractivity contribution in [3.05, 3.63) is 30.3 Å². The molecule has 0 spiro atoms. The monoisotopic (exact) mass is 183 g/mol. The molecule has 1 rings (SSSR count). The van der Waals surface area contributed by atoms with E-state index in [1.54, 1.807) is 24.3 Å². The first-order valence-corrected chi connectivity index (χ1v) is 4.16. The van der Waals surface area contributed by atoms with Crippen LogP contribution in [0.5, 0.6) is 5.75 Å². The van der Waals surface area contributed by atoms with E-state index in [9.17, 15) is 0 Å². The third kappa shape index (κ3) is 8.85. The molecule has 0 aromatic heterocycles. The molecule has 0 fully saturated rings. The number of rotatable bonds is 2. The Morgan fingerprint density at radius 3 is 1.85 bits per heavy atom. The average Bonchev–Trinajstić information content (AvgIpc) is 2.06. The van der Waals surface area contributed by atoms with Crippen LogP contribution in [0.15, 0.2) is 30.3 Å². The van der Waals surface area contributed by atoms with Gasteiger partial charge in [-0.05, 0) is 26.2 Å². The topological polar surface area (TPSA) is 43.7 Å². The van der Waals surface area contributed by atoms with E-state index in [4.69, 9.17) is 10.2 Å². The SMILES string of the molecule is CN(C)CCO.Oc1ccccc1. The van der Waals surface area contributed by atoms with Crippen LogP contribution in [-0.4, -0.2) is 42.4 Å². The molecule has 13 heavy (non-hydrogen) atoms. The molecular formula is C10H17NO2. The molecule has 0 radical (unpaired) electrons. The smallest absolute Gasteiger partial charge is 0.115 e. The number of aromatic hydroxyl groups is 1.